The zero-order valence-electron chi connectivity index (χ0n) is 24.9. The molecule has 0 fully saturated rings. The minimum Gasteiger partial charge on any atom is -0.756 e. The monoisotopic (exact) mass is 565 g/mol. The summed E-state index contributed by atoms with van der Waals surface area (Å²) in [7, 11) is 1.16. The molecule has 0 rings (SSSR count). The van der Waals surface area contributed by atoms with Crippen LogP contribution in [0.4, 0.5) is 0 Å². The summed E-state index contributed by atoms with van der Waals surface area (Å²) in [5, 5.41) is 0. The molecule has 0 heterocycles. The molecule has 0 aliphatic rings. The van der Waals surface area contributed by atoms with Crippen LogP contribution in [0.15, 0.2) is 0 Å². The van der Waals surface area contributed by atoms with Gasteiger partial charge in [-0.15, -0.1) is 0 Å². The summed E-state index contributed by atoms with van der Waals surface area (Å²) in [6, 6.07) is 0. The van der Waals surface area contributed by atoms with Gasteiger partial charge in [0.1, 0.15) is 19.8 Å². The van der Waals surface area contributed by atoms with Crippen LogP contribution < -0.4 is 4.89 Å². The molecule has 0 aromatic heterocycles. The van der Waals surface area contributed by atoms with Crippen molar-refractivity contribution in [1.82, 2.24) is 0 Å². The van der Waals surface area contributed by atoms with Crippen LogP contribution in [0.25, 0.3) is 0 Å². The number of hydrogen-bond donors (Lipinski definition) is 0. The van der Waals surface area contributed by atoms with Crippen LogP contribution >= 0.6 is 7.82 Å². The maximum Gasteiger partial charge on any atom is 0.306 e. The van der Waals surface area contributed by atoms with Gasteiger partial charge < -0.3 is 27.9 Å². The molecular formula is C28H56NO8P. The Hall–Kier alpha value is -0.990. The summed E-state index contributed by atoms with van der Waals surface area (Å²) in [4.78, 5) is 36.4. The normalized spacial score (nSPS) is 14.2. The van der Waals surface area contributed by atoms with Gasteiger partial charge in [0.2, 0.25) is 0 Å². The Morgan fingerprint density at radius 3 is 1.74 bits per heavy atom. The number of phosphoric ester groups is 1. The summed E-state index contributed by atoms with van der Waals surface area (Å²) in [5.74, 6) is -0.875. The van der Waals surface area contributed by atoms with Crippen molar-refractivity contribution in [2.75, 3.05) is 47.5 Å². The number of carbonyl (C=O) groups excluding carboxylic acids is 2. The van der Waals surface area contributed by atoms with Crippen LogP contribution in [-0.4, -0.2) is 70.0 Å². The van der Waals surface area contributed by atoms with Crippen molar-refractivity contribution >= 4 is 19.8 Å². The van der Waals surface area contributed by atoms with Gasteiger partial charge in [-0.1, -0.05) is 90.9 Å². The summed E-state index contributed by atoms with van der Waals surface area (Å²) in [6.45, 7) is 3.92. The number of rotatable bonds is 26. The molecule has 0 aromatic carbocycles. The molecule has 0 bridgehead atoms. The van der Waals surface area contributed by atoms with E-state index in [-0.39, 0.29) is 26.1 Å². The minimum atomic E-state index is -4.58. The van der Waals surface area contributed by atoms with Gasteiger partial charge in [0, 0.05) is 12.8 Å². The molecule has 0 amide bonds. The van der Waals surface area contributed by atoms with E-state index in [0.29, 0.717) is 23.9 Å². The van der Waals surface area contributed by atoms with Crippen molar-refractivity contribution in [3.05, 3.63) is 0 Å². The second-order valence-corrected chi connectivity index (χ2v) is 12.5. The van der Waals surface area contributed by atoms with E-state index in [4.69, 9.17) is 18.5 Å². The van der Waals surface area contributed by atoms with Crippen molar-refractivity contribution in [3.63, 3.8) is 0 Å². The molecule has 0 aliphatic carbocycles. The smallest absolute Gasteiger partial charge is 0.306 e. The SMILES string of the molecule is CCCCCCCCCCCCCCC(=O)OC(COC(=O)CCCC)COP(=O)([O-])OCC[N+](C)(C)C. The number of hydrogen-bond acceptors (Lipinski definition) is 8. The van der Waals surface area contributed by atoms with E-state index in [1.807, 2.05) is 28.1 Å². The maximum absolute atomic E-state index is 12.4. The Balaban J connectivity index is 4.34. The highest BCUT2D eigenvalue weighted by atomic mass is 31.2. The lowest BCUT2D eigenvalue weighted by Gasteiger charge is -2.28. The molecule has 9 nitrogen and oxygen atoms in total. The number of phosphoric acid groups is 1. The minimum absolute atomic E-state index is 0.0281. The van der Waals surface area contributed by atoms with E-state index in [9.17, 15) is 19.0 Å². The highest BCUT2D eigenvalue weighted by molar-refractivity contribution is 7.45. The van der Waals surface area contributed by atoms with Crippen molar-refractivity contribution in [3.8, 4) is 0 Å². The first-order valence-corrected chi connectivity index (χ1v) is 16.2. The van der Waals surface area contributed by atoms with E-state index in [2.05, 4.69) is 6.92 Å². The number of carbonyl (C=O) groups is 2. The number of quaternary nitrogens is 1. The largest absolute Gasteiger partial charge is 0.756 e. The summed E-state index contributed by atoms with van der Waals surface area (Å²) in [6.07, 6.45) is 15.3. The fraction of sp³-hybridized carbons (Fsp3) is 0.929. The summed E-state index contributed by atoms with van der Waals surface area (Å²) >= 11 is 0. The van der Waals surface area contributed by atoms with E-state index in [1.165, 1.54) is 57.8 Å². The number of ether oxygens (including phenoxy) is 2. The van der Waals surface area contributed by atoms with Gasteiger partial charge in [-0.3, -0.25) is 14.2 Å². The lowest BCUT2D eigenvalue weighted by molar-refractivity contribution is -0.870. The number of unbranched alkanes of at least 4 members (excludes halogenated alkanes) is 12. The Kier molecular flexibility index (Phi) is 22.2. The Bertz CT molecular complexity index is 653. The van der Waals surface area contributed by atoms with Gasteiger partial charge in [-0.05, 0) is 12.8 Å². The number of nitrogens with zero attached hydrogens (tertiary/aromatic N) is 1. The molecule has 0 N–H and O–H groups in total. The fourth-order valence-electron chi connectivity index (χ4n) is 3.69. The van der Waals surface area contributed by atoms with Crippen molar-refractivity contribution in [2.24, 2.45) is 0 Å². The predicted octanol–water partition coefficient (Wildman–Crippen LogP) is 5.93. The van der Waals surface area contributed by atoms with Crippen molar-refractivity contribution < 1.29 is 42.1 Å². The van der Waals surface area contributed by atoms with E-state index < -0.39 is 32.5 Å². The zero-order valence-corrected chi connectivity index (χ0v) is 25.8. The molecule has 38 heavy (non-hydrogen) atoms. The first-order valence-electron chi connectivity index (χ1n) is 14.7. The molecule has 0 radical (unpaired) electrons. The zero-order chi connectivity index (χ0) is 28.7. The maximum atomic E-state index is 12.4. The van der Waals surface area contributed by atoms with Gasteiger partial charge in [-0.25, -0.2) is 0 Å². The topological polar surface area (TPSA) is 111 Å². The molecule has 0 spiro atoms. The second kappa shape index (κ2) is 22.8. The van der Waals surface area contributed by atoms with Gasteiger partial charge in [0.15, 0.2) is 6.10 Å². The highest BCUT2D eigenvalue weighted by Crippen LogP contribution is 2.38. The third-order valence-corrected chi connectivity index (χ3v) is 7.09. The van der Waals surface area contributed by atoms with Gasteiger partial charge >= 0.3 is 11.9 Å². The molecule has 10 heteroatoms. The van der Waals surface area contributed by atoms with Crippen LogP contribution in [0.2, 0.25) is 0 Å². The van der Waals surface area contributed by atoms with E-state index in [1.54, 1.807) is 0 Å². The predicted molar refractivity (Wildman–Crippen MR) is 148 cm³/mol. The molecule has 2 atom stereocenters. The molecule has 226 valence electrons. The molecule has 0 aliphatic heterocycles. The van der Waals surface area contributed by atoms with Gasteiger partial charge in [-0.2, -0.15) is 0 Å². The second-order valence-electron chi connectivity index (χ2n) is 11.1. The van der Waals surface area contributed by atoms with Crippen molar-refractivity contribution in [2.45, 2.75) is 123 Å². The first kappa shape index (κ1) is 37.0. The van der Waals surface area contributed by atoms with Crippen LogP contribution in [0.5, 0.6) is 0 Å². The summed E-state index contributed by atoms with van der Waals surface area (Å²) in [5.41, 5.74) is 0. The van der Waals surface area contributed by atoms with E-state index >= 15 is 0 Å². The average molecular weight is 566 g/mol. The van der Waals surface area contributed by atoms with Crippen LogP contribution in [0.1, 0.15) is 117 Å². The molecule has 0 saturated heterocycles. The highest BCUT2D eigenvalue weighted by Gasteiger charge is 2.21. The van der Waals surface area contributed by atoms with Crippen LogP contribution in [-0.2, 0) is 32.7 Å². The molecule has 2 unspecified atom stereocenters. The Labute approximate surface area is 232 Å². The van der Waals surface area contributed by atoms with Gasteiger partial charge in [0.25, 0.3) is 7.82 Å². The number of likely N-dealkylation sites (N-methyl/N-ethyl adjacent to an activating group) is 1. The fourth-order valence-corrected chi connectivity index (χ4v) is 4.42. The Morgan fingerprint density at radius 1 is 0.711 bits per heavy atom. The third kappa shape index (κ3) is 25.3. The van der Waals surface area contributed by atoms with E-state index in [0.717, 1.165) is 19.3 Å². The quantitative estimate of drug-likeness (QED) is 0.0549. The standard InChI is InChI=1S/C28H56NO8P/c1-6-8-10-11-12-13-14-15-16-17-18-19-21-28(31)37-26(24-34-27(30)20-9-7-2)25-36-38(32,33)35-23-22-29(3,4)5/h26H,6-25H2,1-5H3. The van der Waals surface area contributed by atoms with Crippen molar-refractivity contribution in [1.29, 1.82) is 0 Å². The number of esters is 2. The summed E-state index contributed by atoms with van der Waals surface area (Å²) < 4.78 is 33.1. The van der Waals surface area contributed by atoms with Crippen LogP contribution in [0.3, 0.4) is 0 Å². The molecular weight excluding hydrogens is 509 g/mol. The third-order valence-electron chi connectivity index (χ3n) is 6.13. The Morgan fingerprint density at radius 2 is 1.21 bits per heavy atom. The lowest BCUT2D eigenvalue weighted by atomic mass is 10.0. The lowest BCUT2D eigenvalue weighted by Crippen LogP contribution is -2.37. The average Bonchev–Trinajstić information content (AvgIpc) is 2.84. The van der Waals surface area contributed by atoms with Crippen LogP contribution in [0, 0.1) is 0 Å². The molecule has 0 aromatic rings. The first-order chi connectivity index (χ1) is 18.0. The van der Waals surface area contributed by atoms with Gasteiger partial charge in [0.05, 0.1) is 27.7 Å². The molecule has 0 saturated carbocycles.